The highest BCUT2D eigenvalue weighted by Crippen LogP contribution is 2.26. The minimum Gasteiger partial charge on any atom is -0.495 e. The molecule has 0 amide bonds. The maximum Gasteiger partial charge on any atom is 0.165 e. The molecule has 0 radical (unpaired) electrons. The quantitative estimate of drug-likeness (QED) is 0.777. The smallest absolute Gasteiger partial charge is 0.165 e. The Bertz CT molecular complexity index is 432. The first-order valence-electron chi connectivity index (χ1n) is 6.59. The fourth-order valence-electron chi connectivity index (χ4n) is 1.97. The van der Waals surface area contributed by atoms with Crippen molar-refractivity contribution in [3.05, 3.63) is 28.8 Å². The van der Waals surface area contributed by atoms with Crippen molar-refractivity contribution < 1.29 is 9.53 Å². The molecule has 0 spiro atoms. The summed E-state index contributed by atoms with van der Waals surface area (Å²) >= 11 is 5.95. The summed E-state index contributed by atoms with van der Waals surface area (Å²) in [7, 11) is 1.54. The van der Waals surface area contributed by atoms with Gasteiger partial charge in [0.1, 0.15) is 5.75 Å². The van der Waals surface area contributed by atoms with Crippen LogP contribution in [0.3, 0.4) is 0 Å². The Kier molecular flexibility index (Phi) is 6.32. The van der Waals surface area contributed by atoms with E-state index in [-0.39, 0.29) is 17.7 Å². The number of benzene rings is 1. The Morgan fingerprint density at radius 2 is 2.05 bits per heavy atom. The van der Waals surface area contributed by atoms with E-state index in [2.05, 4.69) is 0 Å². The van der Waals surface area contributed by atoms with Crippen molar-refractivity contribution >= 4 is 17.4 Å². The average Bonchev–Trinajstić information content (AvgIpc) is 2.38. The van der Waals surface area contributed by atoms with Crippen LogP contribution in [0.4, 0.5) is 0 Å². The molecule has 0 saturated carbocycles. The molecule has 2 N–H and O–H groups in total. The summed E-state index contributed by atoms with van der Waals surface area (Å²) in [5, 5.41) is 0.517. The van der Waals surface area contributed by atoms with E-state index in [1.807, 2.05) is 13.8 Å². The van der Waals surface area contributed by atoms with E-state index < -0.39 is 0 Å². The summed E-state index contributed by atoms with van der Waals surface area (Å²) in [6.07, 6.45) is 2.77. The Hall–Kier alpha value is -1.06. The van der Waals surface area contributed by atoms with E-state index in [9.17, 15) is 4.79 Å². The predicted molar refractivity (Wildman–Crippen MR) is 79.0 cm³/mol. The SMILES string of the molecule is COc1cc(C(=O)C(C)CCCC(C)N)ccc1Cl. The number of carbonyl (C=O) groups is 1. The lowest BCUT2D eigenvalue weighted by atomic mass is 9.93. The van der Waals surface area contributed by atoms with Crippen LogP contribution in [0, 0.1) is 5.92 Å². The van der Waals surface area contributed by atoms with Crippen molar-refractivity contribution in [1.82, 2.24) is 0 Å². The van der Waals surface area contributed by atoms with Gasteiger partial charge in [0.25, 0.3) is 0 Å². The van der Waals surface area contributed by atoms with E-state index in [0.717, 1.165) is 19.3 Å². The number of ether oxygens (including phenoxy) is 1. The predicted octanol–water partition coefficient (Wildman–Crippen LogP) is 3.68. The second-order valence-corrected chi connectivity index (χ2v) is 5.43. The zero-order chi connectivity index (χ0) is 14.4. The summed E-state index contributed by atoms with van der Waals surface area (Å²) in [5.41, 5.74) is 6.35. The highest BCUT2D eigenvalue weighted by atomic mass is 35.5. The lowest BCUT2D eigenvalue weighted by Gasteiger charge is -2.12. The molecule has 0 aliphatic rings. The third-order valence-corrected chi connectivity index (χ3v) is 3.49. The number of nitrogens with two attached hydrogens (primary N) is 1. The van der Waals surface area contributed by atoms with Crippen LogP contribution in [-0.2, 0) is 0 Å². The largest absolute Gasteiger partial charge is 0.495 e. The number of methoxy groups -OCH3 is 1. The summed E-state index contributed by atoms with van der Waals surface area (Å²) in [6, 6.07) is 5.34. The van der Waals surface area contributed by atoms with Gasteiger partial charge in [-0.25, -0.2) is 0 Å². The summed E-state index contributed by atoms with van der Waals surface area (Å²) in [5.74, 6) is 0.652. The molecule has 2 atom stereocenters. The third-order valence-electron chi connectivity index (χ3n) is 3.18. The van der Waals surface area contributed by atoms with Gasteiger partial charge in [0.2, 0.25) is 0 Å². The molecule has 1 aromatic carbocycles. The lowest BCUT2D eigenvalue weighted by Crippen LogP contribution is -2.16. The van der Waals surface area contributed by atoms with Crippen molar-refractivity contribution in [2.45, 2.75) is 39.2 Å². The molecule has 0 saturated heterocycles. The molecule has 4 heteroatoms. The molecule has 0 aliphatic heterocycles. The van der Waals surface area contributed by atoms with Crippen LogP contribution in [0.25, 0.3) is 0 Å². The molecule has 0 aliphatic carbocycles. The maximum atomic E-state index is 12.3. The van der Waals surface area contributed by atoms with Gasteiger partial charge < -0.3 is 10.5 Å². The van der Waals surface area contributed by atoms with Crippen molar-refractivity contribution in [3.63, 3.8) is 0 Å². The van der Waals surface area contributed by atoms with Crippen LogP contribution in [0.15, 0.2) is 18.2 Å². The van der Waals surface area contributed by atoms with E-state index in [1.54, 1.807) is 25.3 Å². The van der Waals surface area contributed by atoms with Crippen LogP contribution in [0.1, 0.15) is 43.5 Å². The Morgan fingerprint density at radius 1 is 1.37 bits per heavy atom. The first-order chi connectivity index (χ1) is 8.95. The number of ketones is 1. The number of hydrogen-bond acceptors (Lipinski definition) is 3. The minimum absolute atomic E-state index is 0.00960. The van der Waals surface area contributed by atoms with E-state index in [0.29, 0.717) is 16.3 Å². The van der Waals surface area contributed by atoms with Crippen LogP contribution >= 0.6 is 11.6 Å². The Morgan fingerprint density at radius 3 is 2.63 bits per heavy atom. The van der Waals surface area contributed by atoms with Crippen molar-refractivity contribution in [2.24, 2.45) is 11.7 Å². The van der Waals surface area contributed by atoms with Gasteiger partial charge in [-0.05, 0) is 38.0 Å². The van der Waals surface area contributed by atoms with Gasteiger partial charge >= 0.3 is 0 Å². The molecule has 2 unspecified atom stereocenters. The monoisotopic (exact) mass is 283 g/mol. The van der Waals surface area contributed by atoms with Crippen LogP contribution in [0.5, 0.6) is 5.75 Å². The standard InChI is InChI=1S/C15H22ClNO2/c1-10(5-4-6-11(2)17)15(18)12-7-8-13(16)14(9-12)19-3/h7-11H,4-6,17H2,1-3H3. The summed E-state index contributed by atoms with van der Waals surface area (Å²) < 4.78 is 5.13. The summed E-state index contributed by atoms with van der Waals surface area (Å²) in [6.45, 7) is 3.93. The molecule has 106 valence electrons. The Labute approximate surface area is 120 Å². The molecule has 0 aromatic heterocycles. The fraction of sp³-hybridized carbons (Fsp3) is 0.533. The van der Waals surface area contributed by atoms with E-state index in [1.165, 1.54) is 0 Å². The summed E-state index contributed by atoms with van der Waals surface area (Å²) in [4.78, 5) is 12.3. The lowest BCUT2D eigenvalue weighted by molar-refractivity contribution is 0.0921. The fourth-order valence-corrected chi connectivity index (χ4v) is 2.17. The van der Waals surface area contributed by atoms with Crippen LogP contribution in [0.2, 0.25) is 5.02 Å². The van der Waals surface area contributed by atoms with Gasteiger partial charge in [-0.1, -0.05) is 24.9 Å². The molecule has 3 nitrogen and oxygen atoms in total. The molecule has 0 heterocycles. The topological polar surface area (TPSA) is 52.3 Å². The number of carbonyl (C=O) groups excluding carboxylic acids is 1. The van der Waals surface area contributed by atoms with E-state index >= 15 is 0 Å². The molecular weight excluding hydrogens is 262 g/mol. The maximum absolute atomic E-state index is 12.3. The highest BCUT2D eigenvalue weighted by Gasteiger charge is 2.16. The molecule has 0 bridgehead atoms. The number of hydrogen-bond donors (Lipinski definition) is 1. The molecular formula is C15H22ClNO2. The minimum atomic E-state index is -0.00960. The van der Waals surface area contributed by atoms with Crippen molar-refractivity contribution in [3.8, 4) is 5.75 Å². The molecule has 19 heavy (non-hydrogen) atoms. The second kappa shape index (κ2) is 7.51. The first-order valence-corrected chi connectivity index (χ1v) is 6.96. The number of rotatable bonds is 7. The van der Waals surface area contributed by atoms with Crippen LogP contribution < -0.4 is 10.5 Å². The zero-order valence-electron chi connectivity index (χ0n) is 11.8. The van der Waals surface area contributed by atoms with Gasteiger partial charge in [0, 0.05) is 17.5 Å². The average molecular weight is 284 g/mol. The molecule has 1 aromatic rings. The van der Waals surface area contributed by atoms with Gasteiger partial charge in [0.15, 0.2) is 5.78 Å². The number of halogens is 1. The van der Waals surface area contributed by atoms with Crippen LogP contribution in [-0.4, -0.2) is 18.9 Å². The second-order valence-electron chi connectivity index (χ2n) is 5.02. The van der Waals surface area contributed by atoms with Gasteiger partial charge in [-0.15, -0.1) is 0 Å². The van der Waals surface area contributed by atoms with Crippen molar-refractivity contribution in [2.75, 3.05) is 7.11 Å². The number of Topliss-reactive ketones (excluding diaryl/α,β-unsaturated/α-hetero) is 1. The van der Waals surface area contributed by atoms with E-state index in [4.69, 9.17) is 22.1 Å². The highest BCUT2D eigenvalue weighted by molar-refractivity contribution is 6.32. The third kappa shape index (κ3) is 4.84. The zero-order valence-corrected chi connectivity index (χ0v) is 12.5. The van der Waals surface area contributed by atoms with Gasteiger partial charge in [-0.3, -0.25) is 4.79 Å². The molecule has 0 fully saturated rings. The normalized spacial score (nSPS) is 13.9. The van der Waals surface area contributed by atoms with Gasteiger partial charge in [0.05, 0.1) is 12.1 Å². The first kappa shape index (κ1) is 16.0. The van der Waals surface area contributed by atoms with Crippen molar-refractivity contribution in [1.29, 1.82) is 0 Å². The Balaban J connectivity index is 2.66. The molecule has 1 rings (SSSR count). The van der Waals surface area contributed by atoms with Gasteiger partial charge in [-0.2, -0.15) is 0 Å².